The number of pyridine rings is 1. The van der Waals surface area contributed by atoms with Gasteiger partial charge >= 0.3 is 6.09 Å². The summed E-state index contributed by atoms with van der Waals surface area (Å²) in [6, 6.07) is 9.15. The highest BCUT2D eigenvalue weighted by molar-refractivity contribution is 6.41. The molecule has 2 aromatic rings. The van der Waals surface area contributed by atoms with E-state index in [1.807, 2.05) is 45.0 Å². The molecular formula is C18H20Cl2N2O3. The minimum absolute atomic E-state index is 0.264. The zero-order chi connectivity index (χ0) is 18.4. The summed E-state index contributed by atoms with van der Waals surface area (Å²) in [6.45, 7) is 6.12. The first-order chi connectivity index (χ1) is 11.7. The Labute approximate surface area is 157 Å². The summed E-state index contributed by atoms with van der Waals surface area (Å²) in [4.78, 5) is 15.7. The topological polar surface area (TPSA) is 60.5 Å². The Morgan fingerprint density at radius 2 is 1.96 bits per heavy atom. The molecule has 0 bridgehead atoms. The van der Waals surface area contributed by atoms with Crippen molar-refractivity contribution in [1.82, 2.24) is 10.3 Å². The lowest BCUT2D eigenvalue weighted by molar-refractivity contribution is 0.0523. The fourth-order valence-electron chi connectivity index (χ4n) is 1.94. The van der Waals surface area contributed by atoms with Crippen LogP contribution in [0.15, 0.2) is 36.5 Å². The number of carbonyl (C=O) groups is 1. The van der Waals surface area contributed by atoms with Crippen LogP contribution in [0.5, 0.6) is 5.75 Å². The number of hydrogen-bond donors (Lipinski definition) is 1. The molecule has 0 aliphatic rings. The van der Waals surface area contributed by atoms with Gasteiger partial charge in [-0.2, -0.15) is 0 Å². The molecule has 0 aliphatic heterocycles. The van der Waals surface area contributed by atoms with E-state index in [0.29, 0.717) is 23.9 Å². The van der Waals surface area contributed by atoms with E-state index in [1.54, 1.807) is 12.3 Å². The molecule has 134 valence electrons. The minimum atomic E-state index is -0.525. The summed E-state index contributed by atoms with van der Waals surface area (Å²) < 4.78 is 10.9. The van der Waals surface area contributed by atoms with Crippen molar-refractivity contribution in [1.29, 1.82) is 0 Å². The highest BCUT2D eigenvalue weighted by atomic mass is 35.5. The highest BCUT2D eigenvalue weighted by Gasteiger charge is 2.15. The average molecular weight is 383 g/mol. The van der Waals surface area contributed by atoms with Crippen LogP contribution in [0.1, 0.15) is 31.9 Å². The Morgan fingerprint density at radius 3 is 2.64 bits per heavy atom. The van der Waals surface area contributed by atoms with E-state index in [2.05, 4.69) is 10.3 Å². The number of nitrogens with zero attached hydrogens (tertiary/aromatic N) is 1. The molecule has 1 heterocycles. The molecular weight excluding hydrogens is 363 g/mol. The maximum absolute atomic E-state index is 11.7. The number of ether oxygens (including phenoxy) is 2. The lowest BCUT2D eigenvalue weighted by atomic mass is 10.2. The third-order valence-electron chi connectivity index (χ3n) is 2.99. The van der Waals surface area contributed by atoms with Gasteiger partial charge in [0.25, 0.3) is 0 Å². The van der Waals surface area contributed by atoms with Crippen LogP contribution in [0.4, 0.5) is 4.79 Å². The van der Waals surface area contributed by atoms with Gasteiger partial charge in [0.2, 0.25) is 0 Å². The zero-order valence-electron chi connectivity index (χ0n) is 14.3. The van der Waals surface area contributed by atoms with E-state index >= 15 is 0 Å². The maximum Gasteiger partial charge on any atom is 0.407 e. The molecule has 0 saturated heterocycles. The van der Waals surface area contributed by atoms with E-state index in [0.717, 1.165) is 11.1 Å². The van der Waals surface area contributed by atoms with Gasteiger partial charge in [-0.3, -0.25) is 0 Å². The summed E-state index contributed by atoms with van der Waals surface area (Å²) in [7, 11) is 0. The first-order valence-corrected chi connectivity index (χ1v) is 8.47. The molecule has 0 fully saturated rings. The van der Waals surface area contributed by atoms with E-state index in [9.17, 15) is 4.79 Å². The molecule has 5 nitrogen and oxygen atoms in total. The van der Waals surface area contributed by atoms with Gasteiger partial charge in [-0.15, -0.1) is 0 Å². The molecule has 0 unspecified atom stereocenters. The van der Waals surface area contributed by atoms with Crippen molar-refractivity contribution in [2.75, 3.05) is 0 Å². The number of carbonyl (C=O) groups excluding carboxylic acids is 1. The molecule has 1 amide bonds. The first kappa shape index (κ1) is 19.3. The van der Waals surface area contributed by atoms with Crippen molar-refractivity contribution >= 4 is 29.3 Å². The molecule has 1 N–H and O–H groups in total. The number of amides is 1. The molecule has 0 saturated carbocycles. The summed E-state index contributed by atoms with van der Waals surface area (Å²) in [5.41, 5.74) is 1.19. The molecule has 1 aromatic carbocycles. The lowest BCUT2D eigenvalue weighted by Crippen LogP contribution is -2.32. The van der Waals surface area contributed by atoms with Crippen LogP contribution in [0.2, 0.25) is 10.2 Å². The fraction of sp³-hybridized carbons (Fsp3) is 0.333. The van der Waals surface area contributed by atoms with Crippen molar-refractivity contribution in [3.05, 3.63) is 57.8 Å². The molecule has 0 atom stereocenters. The standard InChI is InChI=1S/C18H20Cl2N2O3/c1-18(2,3)25-17(23)22-9-12-5-4-6-14(7-12)24-11-13-8-15(19)16(20)21-10-13/h4-8,10H,9,11H2,1-3H3,(H,22,23). The van der Waals surface area contributed by atoms with Crippen molar-refractivity contribution < 1.29 is 14.3 Å². The lowest BCUT2D eigenvalue weighted by Gasteiger charge is -2.19. The van der Waals surface area contributed by atoms with Crippen molar-refractivity contribution in [2.45, 2.75) is 39.5 Å². The normalized spacial score (nSPS) is 11.1. The molecule has 0 aliphatic carbocycles. The number of aromatic nitrogens is 1. The van der Waals surface area contributed by atoms with E-state index in [1.165, 1.54) is 0 Å². The van der Waals surface area contributed by atoms with Crippen molar-refractivity contribution in [2.24, 2.45) is 0 Å². The molecule has 2 rings (SSSR count). The Bertz CT molecular complexity index is 745. The van der Waals surface area contributed by atoms with E-state index in [-0.39, 0.29) is 5.15 Å². The van der Waals surface area contributed by atoms with Gasteiger partial charge in [0.15, 0.2) is 0 Å². The largest absolute Gasteiger partial charge is 0.489 e. The van der Waals surface area contributed by atoms with Crippen LogP contribution in [-0.4, -0.2) is 16.7 Å². The van der Waals surface area contributed by atoms with Gasteiger partial charge < -0.3 is 14.8 Å². The number of halogens is 2. The van der Waals surface area contributed by atoms with Gasteiger partial charge in [-0.1, -0.05) is 35.3 Å². The monoisotopic (exact) mass is 382 g/mol. The van der Waals surface area contributed by atoms with Gasteiger partial charge in [-0.05, 0) is 44.5 Å². The molecule has 1 aromatic heterocycles. The van der Waals surface area contributed by atoms with Crippen LogP contribution < -0.4 is 10.1 Å². The number of alkyl carbamates (subject to hydrolysis) is 1. The fourth-order valence-corrected chi connectivity index (χ4v) is 2.23. The minimum Gasteiger partial charge on any atom is -0.489 e. The average Bonchev–Trinajstić information content (AvgIpc) is 2.53. The smallest absolute Gasteiger partial charge is 0.407 e. The molecule has 7 heteroatoms. The zero-order valence-corrected chi connectivity index (χ0v) is 15.8. The van der Waals surface area contributed by atoms with Crippen LogP contribution >= 0.6 is 23.2 Å². The van der Waals surface area contributed by atoms with Gasteiger partial charge in [0, 0.05) is 18.3 Å². The van der Waals surface area contributed by atoms with Crippen LogP contribution in [0.3, 0.4) is 0 Å². The SMILES string of the molecule is CC(C)(C)OC(=O)NCc1cccc(OCc2cnc(Cl)c(Cl)c2)c1. The van der Waals surface area contributed by atoms with Gasteiger partial charge in [0.05, 0.1) is 5.02 Å². The summed E-state index contributed by atoms with van der Waals surface area (Å²) in [5, 5.41) is 3.36. The van der Waals surface area contributed by atoms with Crippen LogP contribution in [0.25, 0.3) is 0 Å². The number of rotatable bonds is 5. The second-order valence-electron chi connectivity index (χ2n) is 6.41. The Kier molecular flexibility index (Phi) is 6.51. The predicted molar refractivity (Wildman–Crippen MR) is 98.1 cm³/mol. The maximum atomic E-state index is 11.7. The summed E-state index contributed by atoms with van der Waals surface area (Å²) >= 11 is 11.7. The van der Waals surface area contributed by atoms with E-state index in [4.69, 9.17) is 32.7 Å². The van der Waals surface area contributed by atoms with Crippen LogP contribution in [0, 0.1) is 0 Å². The second kappa shape index (κ2) is 8.41. The summed E-state index contributed by atoms with van der Waals surface area (Å²) in [6.07, 6.45) is 1.16. The quantitative estimate of drug-likeness (QED) is 0.739. The van der Waals surface area contributed by atoms with Gasteiger partial charge in [-0.25, -0.2) is 9.78 Å². The summed E-state index contributed by atoms with van der Waals surface area (Å²) in [5.74, 6) is 0.676. The highest BCUT2D eigenvalue weighted by Crippen LogP contribution is 2.21. The Morgan fingerprint density at radius 1 is 1.20 bits per heavy atom. The second-order valence-corrected chi connectivity index (χ2v) is 7.17. The predicted octanol–water partition coefficient (Wildman–Crippen LogP) is 4.99. The van der Waals surface area contributed by atoms with Gasteiger partial charge in [0.1, 0.15) is 23.1 Å². The van der Waals surface area contributed by atoms with E-state index < -0.39 is 11.7 Å². The molecule has 25 heavy (non-hydrogen) atoms. The third-order valence-corrected chi connectivity index (χ3v) is 3.68. The number of hydrogen-bond acceptors (Lipinski definition) is 4. The van der Waals surface area contributed by atoms with Crippen molar-refractivity contribution in [3.63, 3.8) is 0 Å². The number of benzene rings is 1. The third kappa shape index (κ3) is 6.80. The van der Waals surface area contributed by atoms with Crippen molar-refractivity contribution in [3.8, 4) is 5.75 Å². The number of nitrogens with one attached hydrogen (secondary N) is 1. The molecule has 0 radical (unpaired) electrons. The Hall–Kier alpha value is -1.98. The molecule has 0 spiro atoms. The Balaban J connectivity index is 1.90. The van der Waals surface area contributed by atoms with Crippen LogP contribution in [-0.2, 0) is 17.9 Å². The first-order valence-electron chi connectivity index (χ1n) is 7.71.